The topological polar surface area (TPSA) is 115 Å². The Labute approximate surface area is 187 Å². The number of carbonyl (C=O) groups is 1. The molecule has 172 valence electrons. The second-order valence-electron chi connectivity index (χ2n) is 7.27. The van der Waals surface area contributed by atoms with Crippen molar-refractivity contribution >= 4 is 17.2 Å². The van der Waals surface area contributed by atoms with Gasteiger partial charge in [-0.3, -0.25) is 9.20 Å². The SMILES string of the molecule is CCOc1ccn2c(C(=O)Nc3cc(-c4noc(CC(O)C(F)F)n4)ccc3C)cnc2c1. The number of aromatic nitrogens is 4. The highest BCUT2D eigenvalue weighted by Gasteiger charge is 2.21. The van der Waals surface area contributed by atoms with Gasteiger partial charge < -0.3 is 19.7 Å². The number of imidazole rings is 1. The van der Waals surface area contributed by atoms with Gasteiger partial charge in [-0.1, -0.05) is 17.3 Å². The molecule has 4 rings (SSSR count). The molecule has 2 N–H and O–H groups in total. The lowest BCUT2D eigenvalue weighted by molar-refractivity contribution is -0.00754. The van der Waals surface area contributed by atoms with Gasteiger partial charge in [0.25, 0.3) is 12.3 Å². The second kappa shape index (κ2) is 9.33. The predicted molar refractivity (Wildman–Crippen MR) is 114 cm³/mol. The van der Waals surface area contributed by atoms with Crippen LogP contribution in [0.1, 0.15) is 28.9 Å². The first kappa shape index (κ1) is 22.3. The minimum Gasteiger partial charge on any atom is -0.494 e. The Kier molecular flexibility index (Phi) is 6.31. The summed E-state index contributed by atoms with van der Waals surface area (Å²) in [5.41, 5.74) is 2.72. The summed E-state index contributed by atoms with van der Waals surface area (Å²) in [7, 11) is 0. The maximum Gasteiger partial charge on any atom is 0.274 e. The van der Waals surface area contributed by atoms with Crippen LogP contribution in [-0.4, -0.2) is 49.7 Å². The Morgan fingerprint density at radius 1 is 1.30 bits per heavy atom. The second-order valence-corrected chi connectivity index (χ2v) is 7.27. The van der Waals surface area contributed by atoms with Gasteiger partial charge in [0, 0.05) is 23.5 Å². The van der Waals surface area contributed by atoms with E-state index in [1.165, 1.54) is 6.20 Å². The zero-order valence-electron chi connectivity index (χ0n) is 17.8. The van der Waals surface area contributed by atoms with Gasteiger partial charge in [-0.05, 0) is 31.5 Å². The standard InChI is InChI=1S/C22H21F2N5O4/c1-3-32-14-6-7-29-16(11-25-18(29)9-14)22(31)26-15-8-13(5-4-12(15)2)21-27-19(33-28-21)10-17(30)20(23)24/h4-9,11,17,20,30H,3,10H2,1-2H3,(H,26,31). The Morgan fingerprint density at radius 2 is 2.12 bits per heavy atom. The number of ether oxygens (including phenoxy) is 1. The lowest BCUT2D eigenvalue weighted by Gasteiger charge is -2.10. The number of benzene rings is 1. The number of nitrogens with zero attached hydrogens (tertiary/aromatic N) is 4. The summed E-state index contributed by atoms with van der Waals surface area (Å²) in [5, 5.41) is 15.9. The van der Waals surface area contributed by atoms with E-state index in [2.05, 4.69) is 20.4 Å². The highest BCUT2D eigenvalue weighted by molar-refractivity contribution is 6.04. The molecule has 0 bridgehead atoms. The number of aliphatic hydroxyl groups is 1. The van der Waals surface area contributed by atoms with Gasteiger partial charge in [-0.15, -0.1) is 0 Å². The highest BCUT2D eigenvalue weighted by atomic mass is 19.3. The fourth-order valence-corrected chi connectivity index (χ4v) is 3.19. The maximum absolute atomic E-state index is 12.9. The third-order valence-corrected chi connectivity index (χ3v) is 4.92. The molecular weight excluding hydrogens is 436 g/mol. The van der Waals surface area contributed by atoms with Crippen molar-refractivity contribution in [3.05, 3.63) is 59.9 Å². The van der Waals surface area contributed by atoms with E-state index in [1.807, 2.05) is 13.8 Å². The number of amides is 1. The molecule has 1 atom stereocenters. The molecule has 0 saturated carbocycles. The third-order valence-electron chi connectivity index (χ3n) is 4.92. The third kappa shape index (κ3) is 4.82. The van der Waals surface area contributed by atoms with Crippen LogP contribution in [0.4, 0.5) is 14.5 Å². The van der Waals surface area contributed by atoms with Crippen molar-refractivity contribution in [2.75, 3.05) is 11.9 Å². The smallest absolute Gasteiger partial charge is 0.274 e. The summed E-state index contributed by atoms with van der Waals surface area (Å²) in [6.07, 6.45) is -2.08. The van der Waals surface area contributed by atoms with Crippen LogP contribution in [0, 0.1) is 6.92 Å². The number of aryl methyl sites for hydroxylation is 1. The number of halogens is 2. The van der Waals surface area contributed by atoms with E-state index < -0.39 is 19.0 Å². The summed E-state index contributed by atoms with van der Waals surface area (Å²) < 4.78 is 37.1. The summed E-state index contributed by atoms with van der Waals surface area (Å²) in [5.74, 6) is 0.328. The Bertz CT molecular complexity index is 1290. The van der Waals surface area contributed by atoms with Crippen LogP contribution >= 0.6 is 0 Å². The van der Waals surface area contributed by atoms with Crippen molar-refractivity contribution in [1.29, 1.82) is 0 Å². The van der Waals surface area contributed by atoms with Crippen LogP contribution in [0.5, 0.6) is 5.75 Å². The van der Waals surface area contributed by atoms with Gasteiger partial charge in [0.15, 0.2) is 0 Å². The molecule has 0 aliphatic rings. The molecule has 0 aliphatic heterocycles. The van der Waals surface area contributed by atoms with Crippen molar-refractivity contribution < 1.29 is 27.9 Å². The maximum atomic E-state index is 12.9. The van der Waals surface area contributed by atoms with Crippen LogP contribution in [0.15, 0.2) is 47.2 Å². The summed E-state index contributed by atoms with van der Waals surface area (Å²) in [4.78, 5) is 21.3. The molecule has 1 amide bonds. The molecule has 0 fully saturated rings. The van der Waals surface area contributed by atoms with Gasteiger partial charge in [-0.2, -0.15) is 4.98 Å². The first-order valence-electron chi connectivity index (χ1n) is 10.2. The van der Waals surface area contributed by atoms with E-state index in [1.54, 1.807) is 40.9 Å². The van der Waals surface area contributed by atoms with E-state index in [-0.39, 0.29) is 17.6 Å². The van der Waals surface area contributed by atoms with E-state index in [9.17, 15) is 18.7 Å². The number of pyridine rings is 1. The van der Waals surface area contributed by atoms with Crippen molar-refractivity contribution in [2.24, 2.45) is 0 Å². The highest BCUT2D eigenvalue weighted by Crippen LogP contribution is 2.25. The molecule has 9 nitrogen and oxygen atoms in total. The van der Waals surface area contributed by atoms with Gasteiger partial charge in [0.1, 0.15) is 23.2 Å². The number of hydrogen-bond acceptors (Lipinski definition) is 7. The van der Waals surface area contributed by atoms with Crippen molar-refractivity contribution in [1.82, 2.24) is 19.5 Å². The first-order chi connectivity index (χ1) is 15.9. The monoisotopic (exact) mass is 457 g/mol. The number of carbonyl (C=O) groups excluding carboxylic acids is 1. The zero-order chi connectivity index (χ0) is 23.5. The van der Waals surface area contributed by atoms with Gasteiger partial charge in [0.05, 0.1) is 19.2 Å². The lowest BCUT2D eigenvalue weighted by Crippen LogP contribution is -2.20. The van der Waals surface area contributed by atoms with E-state index in [0.717, 1.165) is 5.56 Å². The number of nitrogens with one attached hydrogen (secondary N) is 1. The van der Waals surface area contributed by atoms with Crippen molar-refractivity contribution in [2.45, 2.75) is 32.8 Å². The Hall–Kier alpha value is -3.86. The first-order valence-corrected chi connectivity index (χ1v) is 10.2. The van der Waals surface area contributed by atoms with Crippen LogP contribution in [0.25, 0.3) is 17.0 Å². The van der Waals surface area contributed by atoms with Gasteiger partial charge in [0.2, 0.25) is 11.7 Å². The molecule has 0 spiro atoms. The number of hydrogen-bond donors (Lipinski definition) is 2. The average molecular weight is 457 g/mol. The minimum atomic E-state index is -2.91. The lowest BCUT2D eigenvalue weighted by atomic mass is 10.1. The molecule has 1 unspecified atom stereocenters. The molecule has 1 aromatic carbocycles. The normalized spacial score (nSPS) is 12.3. The molecule has 0 radical (unpaired) electrons. The number of anilines is 1. The summed E-state index contributed by atoms with van der Waals surface area (Å²) in [6, 6.07) is 8.62. The average Bonchev–Trinajstić information content (AvgIpc) is 3.42. The minimum absolute atomic E-state index is 0.110. The Morgan fingerprint density at radius 3 is 2.88 bits per heavy atom. The quantitative estimate of drug-likeness (QED) is 0.416. The zero-order valence-corrected chi connectivity index (χ0v) is 17.8. The predicted octanol–water partition coefficient (Wildman–Crippen LogP) is 3.51. The number of alkyl halides is 2. The molecule has 11 heteroatoms. The number of aliphatic hydroxyl groups excluding tert-OH is 1. The molecular formula is C22H21F2N5O4. The summed E-state index contributed by atoms with van der Waals surface area (Å²) >= 11 is 0. The van der Waals surface area contributed by atoms with Crippen LogP contribution in [0.3, 0.4) is 0 Å². The van der Waals surface area contributed by atoms with Crippen LogP contribution in [0.2, 0.25) is 0 Å². The van der Waals surface area contributed by atoms with Gasteiger partial charge in [-0.25, -0.2) is 13.8 Å². The molecule has 33 heavy (non-hydrogen) atoms. The molecule has 4 aromatic rings. The van der Waals surface area contributed by atoms with Gasteiger partial charge >= 0.3 is 0 Å². The molecule has 0 aliphatic carbocycles. The molecule has 0 saturated heterocycles. The Balaban J connectivity index is 1.55. The molecule has 3 heterocycles. The van der Waals surface area contributed by atoms with Crippen molar-refractivity contribution in [3.63, 3.8) is 0 Å². The fourth-order valence-electron chi connectivity index (χ4n) is 3.19. The largest absolute Gasteiger partial charge is 0.494 e. The summed E-state index contributed by atoms with van der Waals surface area (Å²) in [6.45, 7) is 4.23. The molecule has 3 aromatic heterocycles. The van der Waals surface area contributed by atoms with Crippen LogP contribution in [-0.2, 0) is 6.42 Å². The fraction of sp³-hybridized carbons (Fsp3) is 0.273. The van der Waals surface area contributed by atoms with E-state index >= 15 is 0 Å². The van der Waals surface area contributed by atoms with Crippen molar-refractivity contribution in [3.8, 4) is 17.1 Å². The van der Waals surface area contributed by atoms with Crippen LogP contribution < -0.4 is 10.1 Å². The van der Waals surface area contributed by atoms with E-state index in [4.69, 9.17) is 9.26 Å². The number of fused-ring (bicyclic) bond motifs is 1. The van der Waals surface area contributed by atoms with E-state index in [0.29, 0.717) is 34.9 Å². The number of rotatable bonds is 8.